The Hall–Kier alpha value is -1.25. The molecule has 0 aliphatic heterocycles. The van der Waals surface area contributed by atoms with Gasteiger partial charge in [-0.2, -0.15) is 4.98 Å². The second-order valence-electron chi connectivity index (χ2n) is 3.96. The van der Waals surface area contributed by atoms with Gasteiger partial charge in [0.15, 0.2) is 5.82 Å². The quantitative estimate of drug-likeness (QED) is 0.914. The number of hydrogen-bond acceptors (Lipinski definition) is 5. The van der Waals surface area contributed by atoms with Gasteiger partial charge in [0.05, 0.1) is 11.4 Å². The van der Waals surface area contributed by atoms with Crippen LogP contribution >= 0.6 is 15.9 Å². The van der Waals surface area contributed by atoms with Gasteiger partial charge in [0.1, 0.15) is 0 Å². The number of benzene rings is 1. The summed E-state index contributed by atoms with van der Waals surface area (Å²) < 4.78 is 32.3. The van der Waals surface area contributed by atoms with E-state index in [-0.39, 0.29) is 11.4 Å². The minimum atomic E-state index is -3.59. The molecule has 1 aromatic heterocycles. The number of halogens is 1. The van der Waals surface area contributed by atoms with E-state index in [1.165, 1.54) is 0 Å². The molecule has 0 bridgehead atoms. The van der Waals surface area contributed by atoms with Crippen molar-refractivity contribution in [2.45, 2.75) is 25.3 Å². The first kappa shape index (κ1) is 14.2. The molecule has 0 saturated carbocycles. The monoisotopic (exact) mass is 345 g/mol. The molecule has 0 amide bonds. The van der Waals surface area contributed by atoms with Crippen LogP contribution in [0.15, 0.2) is 32.1 Å². The zero-order valence-corrected chi connectivity index (χ0v) is 12.7. The SMILES string of the molecule is Cc1nc(CNS(=O)(=O)c2ccc(Br)cc2C)no1. The number of hydrogen-bond donors (Lipinski definition) is 1. The number of aryl methyl sites for hydroxylation is 2. The Bertz CT molecular complexity index is 697. The third kappa shape index (κ3) is 3.40. The van der Waals surface area contributed by atoms with Gasteiger partial charge >= 0.3 is 0 Å². The van der Waals surface area contributed by atoms with Crippen molar-refractivity contribution in [2.75, 3.05) is 0 Å². The number of aromatic nitrogens is 2. The molecule has 0 fully saturated rings. The van der Waals surface area contributed by atoms with Gasteiger partial charge in [0.25, 0.3) is 0 Å². The lowest BCUT2D eigenvalue weighted by Gasteiger charge is -2.08. The molecule has 0 atom stereocenters. The fraction of sp³-hybridized carbons (Fsp3) is 0.273. The van der Waals surface area contributed by atoms with Crippen LogP contribution in [0, 0.1) is 13.8 Å². The number of sulfonamides is 1. The zero-order valence-electron chi connectivity index (χ0n) is 10.3. The minimum absolute atomic E-state index is 0.00478. The van der Waals surface area contributed by atoms with Crippen LogP contribution in [0.1, 0.15) is 17.3 Å². The third-order valence-corrected chi connectivity index (χ3v) is 4.47. The molecule has 0 aliphatic rings. The molecule has 2 aromatic rings. The molecule has 2 rings (SSSR count). The van der Waals surface area contributed by atoms with Crippen LogP contribution in [0.5, 0.6) is 0 Å². The van der Waals surface area contributed by atoms with Crippen molar-refractivity contribution in [3.8, 4) is 0 Å². The predicted octanol–water partition coefficient (Wildman–Crippen LogP) is 1.93. The van der Waals surface area contributed by atoms with E-state index in [1.807, 2.05) is 0 Å². The highest BCUT2D eigenvalue weighted by Crippen LogP contribution is 2.19. The molecule has 0 unspecified atom stereocenters. The summed E-state index contributed by atoms with van der Waals surface area (Å²) in [6.45, 7) is 3.37. The first-order chi connectivity index (χ1) is 8.88. The summed E-state index contributed by atoms with van der Waals surface area (Å²) >= 11 is 3.29. The largest absolute Gasteiger partial charge is 0.340 e. The van der Waals surface area contributed by atoms with E-state index in [9.17, 15) is 8.42 Å². The maximum Gasteiger partial charge on any atom is 0.241 e. The number of nitrogens with zero attached hydrogens (tertiary/aromatic N) is 2. The van der Waals surface area contributed by atoms with E-state index in [4.69, 9.17) is 4.52 Å². The minimum Gasteiger partial charge on any atom is -0.340 e. The van der Waals surface area contributed by atoms with Gasteiger partial charge in [0, 0.05) is 11.4 Å². The van der Waals surface area contributed by atoms with E-state index in [0.717, 1.165) is 4.47 Å². The van der Waals surface area contributed by atoms with Gasteiger partial charge in [-0.05, 0) is 30.7 Å². The van der Waals surface area contributed by atoms with Crippen molar-refractivity contribution in [3.63, 3.8) is 0 Å². The Labute approximate surface area is 119 Å². The van der Waals surface area contributed by atoms with Crippen LogP contribution in [-0.2, 0) is 16.6 Å². The molecule has 0 saturated heterocycles. The zero-order chi connectivity index (χ0) is 14.0. The highest BCUT2D eigenvalue weighted by Gasteiger charge is 2.17. The summed E-state index contributed by atoms with van der Waals surface area (Å²) in [7, 11) is -3.59. The Morgan fingerprint density at radius 2 is 2.11 bits per heavy atom. The highest BCUT2D eigenvalue weighted by atomic mass is 79.9. The Kier molecular flexibility index (Phi) is 4.02. The average molecular weight is 346 g/mol. The fourth-order valence-corrected chi connectivity index (χ4v) is 3.24. The van der Waals surface area contributed by atoms with E-state index in [2.05, 4.69) is 30.8 Å². The number of nitrogens with one attached hydrogen (secondary N) is 1. The second-order valence-corrected chi connectivity index (χ2v) is 6.62. The van der Waals surface area contributed by atoms with Crippen molar-refractivity contribution in [1.82, 2.24) is 14.9 Å². The molecule has 1 N–H and O–H groups in total. The molecule has 1 aromatic carbocycles. The normalized spacial score (nSPS) is 11.7. The molecule has 0 aliphatic carbocycles. The summed E-state index contributed by atoms with van der Waals surface area (Å²) in [5, 5.41) is 3.63. The summed E-state index contributed by atoms with van der Waals surface area (Å²) in [6, 6.07) is 4.97. The van der Waals surface area contributed by atoms with Crippen molar-refractivity contribution >= 4 is 26.0 Å². The average Bonchev–Trinajstić information content (AvgIpc) is 2.72. The van der Waals surface area contributed by atoms with Crippen LogP contribution in [0.3, 0.4) is 0 Å². The van der Waals surface area contributed by atoms with Crippen molar-refractivity contribution in [3.05, 3.63) is 40.0 Å². The highest BCUT2D eigenvalue weighted by molar-refractivity contribution is 9.10. The summed E-state index contributed by atoms with van der Waals surface area (Å²) in [4.78, 5) is 4.16. The van der Waals surface area contributed by atoms with Crippen LogP contribution in [0.2, 0.25) is 0 Å². The van der Waals surface area contributed by atoms with Gasteiger partial charge in [-0.1, -0.05) is 21.1 Å². The van der Waals surface area contributed by atoms with Gasteiger partial charge < -0.3 is 4.52 Å². The van der Waals surface area contributed by atoms with E-state index >= 15 is 0 Å². The predicted molar refractivity (Wildman–Crippen MR) is 71.9 cm³/mol. The molecule has 6 nitrogen and oxygen atoms in total. The lowest BCUT2D eigenvalue weighted by atomic mass is 10.2. The van der Waals surface area contributed by atoms with Gasteiger partial charge in [-0.3, -0.25) is 0 Å². The molecule has 102 valence electrons. The van der Waals surface area contributed by atoms with Crippen LogP contribution in [0.25, 0.3) is 0 Å². The van der Waals surface area contributed by atoms with Crippen LogP contribution in [-0.4, -0.2) is 18.6 Å². The van der Waals surface area contributed by atoms with Gasteiger partial charge in [-0.15, -0.1) is 0 Å². The molecular formula is C11H12BrN3O3S. The molecule has 0 spiro atoms. The standard InChI is InChI=1S/C11H12BrN3O3S/c1-7-5-9(12)3-4-10(7)19(16,17)13-6-11-14-8(2)18-15-11/h3-5,13H,6H2,1-2H3. The summed E-state index contributed by atoms with van der Waals surface area (Å²) in [5.41, 5.74) is 0.658. The fourth-order valence-electron chi connectivity index (χ4n) is 1.56. The van der Waals surface area contributed by atoms with Crippen molar-refractivity contribution in [1.29, 1.82) is 0 Å². The lowest BCUT2D eigenvalue weighted by Crippen LogP contribution is -2.24. The smallest absolute Gasteiger partial charge is 0.241 e. The summed E-state index contributed by atoms with van der Waals surface area (Å²) in [6.07, 6.45) is 0. The van der Waals surface area contributed by atoms with Gasteiger partial charge in [0.2, 0.25) is 15.9 Å². The second kappa shape index (κ2) is 5.40. The molecule has 1 heterocycles. The molecule has 8 heteroatoms. The van der Waals surface area contributed by atoms with Crippen molar-refractivity contribution < 1.29 is 12.9 Å². The number of rotatable bonds is 4. The van der Waals surface area contributed by atoms with Crippen LogP contribution < -0.4 is 4.72 Å². The Morgan fingerprint density at radius 1 is 1.37 bits per heavy atom. The molecule has 0 radical (unpaired) electrons. The first-order valence-corrected chi connectivity index (χ1v) is 7.71. The Morgan fingerprint density at radius 3 is 2.68 bits per heavy atom. The van der Waals surface area contributed by atoms with Crippen molar-refractivity contribution in [2.24, 2.45) is 0 Å². The van der Waals surface area contributed by atoms with Gasteiger partial charge in [-0.25, -0.2) is 13.1 Å². The Balaban J connectivity index is 2.18. The van der Waals surface area contributed by atoms with E-state index in [0.29, 0.717) is 17.3 Å². The topological polar surface area (TPSA) is 85.1 Å². The summed E-state index contributed by atoms with van der Waals surface area (Å²) in [5.74, 6) is 0.699. The van der Waals surface area contributed by atoms with E-state index in [1.54, 1.807) is 32.0 Å². The maximum atomic E-state index is 12.1. The first-order valence-electron chi connectivity index (χ1n) is 5.43. The van der Waals surface area contributed by atoms with E-state index < -0.39 is 10.0 Å². The third-order valence-electron chi connectivity index (χ3n) is 2.42. The van der Waals surface area contributed by atoms with Crippen LogP contribution in [0.4, 0.5) is 0 Å². The molecule has 19 heavy (non-hydrogen) atoms. The maximum absolute atomic E-state index is 12.1. The molecular weight excluding hydrogens is 334 g/mol. The lowest BCUT2D eigenvalue weighted by molar-refractivity contribution is 0.387.